The van der Waals surface area contributed by atoms with E-state index in [1.807, 2.05) is 0 Å². The van der Waals surface area contributed by atoms with Crippen LogP contribution in [0.5, 0.6) is 0 Å². The largest absolute Gasteiger partial charge is 0.478 e. The second-order valence-corrected chi connectivity index (χ2v) is 9.11. The number of anilines is 1. The lowest BCUT2D eigenvalue weighted by Crippen LogP contribution is -2.25. The molecule has 0 saturated heterocycles. The number of benzene rings is 2. The highest BCUT2D eigenvalue weighted by molar-refractivity contribution is 7.99. The summed E-state index contributed by atoms with van der Waals surface area (Å²) >= 11 is 19.0. The fourth-order valence-corrected chi connectivity index (χ4v) is 4.07. The Labute approximate surface area is 219 Å². The Morgan fingerprint density at radius 2 is 1.74 bits per heavy atom. The zero-order valence-electron chi connectivity index (χ0n) is 17.9. The molecule has 1 aromatic heterocycles. The molecule has 0 radical (unpaired) electrons. The van der Waals surface area contributed by atoms with Crippen LogP contribution in [-0.4, -0.2) is 43.4 Å². The quantitative estimate of drug-likeness (QED) is 0.243. The van der Waals surface area contributed by atoms with Gasteiger partial charge in [-0.3, -0.25) is 9.59 Å². The maximum atomic E-state index is 12.4. The van der Waals surface area contributed by atoms with Crippen molar-refractivity contribution >= 4 is 70.0 Å². The molecule has 0 atom stereocenters. The Morgan fingerprint density at radius 1 is 1.03 bits per heavy atom. The molecular weight excluding hydrogens is 537 g/mol. The highest BCUT2D eigenvalue weighted by Crippen LogP contribution is 2.25. The number of carbonyl (C=O) groups excluding carboxylic acids is 2. The average molecular weight is 555 g/mol. The second kappa shape index (κ2) is 12.1. The highest BCUT2D eigenvalue weighted by Gasteiger charge is 2.16. The third-order valence-electron chi connectivity index (χ3n) is 4.51. The van der Waals surface area contributed by atoms with Crippen molar-refractivity contribution in [3.63, 3.8) is 0 Å². The summed E-state index contributed by atoms with van der Waals surface area (Å²) in [6.45, 7) is 4.14. The lowest BCUT2D eigenvalue weighted by Gasteiger charge is -2.10. The molecule has 2 aromatic carbocycles. The van der Waals surface area contributed by atoms with Gasteiger partial charge in [0, 0.05) is 12.1 Å². The third-order valence-corrected chi connectivity index (χ3v) is 6.55. The Morgan fingerprint density at radius 3 is 2.43 bits per heavy atom. The van der Waals surface area contributed by atoms with Crippen molar-refractivity contribution in [1.82, 2.24) is 20.1 Å². The van der Waals surface area contributed by atoms with Crippen molar-refractivity contribution in [3.05, 3.63) is 81.1 Å². The van der Waals surface area contributed by atoms with Gasteiger partial charge in [0.1, 0.15) is 0 Å². The van der Waals surface area contributed by atoms with Crippen LogP contribution in [-0.2, 0) is 17.9 Å². The molecule has 0 bridgehead atoms. The number of hydrogen-bond acceptors (Lipinski definition) is 6. The minimum Gasteiger partial charge on any atom is -0.478 e. The predicted octanol–water partition coefficient (Wildman–Crippen LogP) is 4.78. The van der Waals surface area contributed by atoms with Crippen LogP contribution < -0.4 is 10.6 Å². The fourth-order valence-electron chi connectivity index (χ4n) is 2.84. The monoisotopic (exact) mass is 553 g/mol. The van der Waals surface area contributed by atoms with Crippen molar-refractivity contribution in [1.29, 1.82) is 0 Å². The molecule has 9 nitrogen and oxygen atoms in total. The van der Waals surface area contributed by atoms with E-state index in [1.165, 1.54) is 30.3 Å². The number of nitrogens with zero attached hydrogens (tertiary/aromatic N) is 3. The normalized spacial score (nSPS) is 10.6. The molecule has 2 amide bonds. The van der Waals surface area contributed by atoms with Crippen molar-refractivity contribution in [2.45, 2.75) is 18.2 Å². The SMILES string of the molecule is C=CCn1c(CNC(=O)c2ccc(Cl)c(Cl)c2)nnc1SCC(=O)Nc1cc(C(=O)O)ccc1Cl. The number of hydrogen-bond donors (Lipinski definition) is 3. The molecular formula is C22H18Cl3N5O4S. The maximum Gasteiger partial charge on any atom is 0.335 e. The minimum absolute atomic E-state index is 0.00404. The van der Waals surface area contributed by atoms with Gasteiger partial charge in [-0.05, 0) is 36.4 Å². The zero-order chi connectivity index (χ0) is 25.5. The van der Waals surface area contributed by atoms with E-state index in [4.69, 9.17) is 39.9 Å². The van der Waals surface area contributed by atoms with Crippen LogP contribution in [0.25, 0.3) is 0 Å². The van der Waals surface area contributed by atoms with Gasteiger partial charge in [-0.2, -0.15) is 0 Å². The molecule has 0 fully saturated rings. The smallest absolute Gasteiger partial charge is 0.335 e. The first kappa shape index (κ1) is 26.6. The molecule has 0 unspecified atom stereocenters. The third kappa shape index (κ3) is 6.98. The van der Waals surface area contributed by atoms with Crippen LogP contribution in [0.15, 0.2) is 54.2 Å². The van der Waals surface area contributed by atoms with E-state index in [9.17, 15) is 14.4 Å². The van der Waals surface area contributed by atoms with E-state index < -0.39 is 11.9 Å². The summed E-state index contributed by atoms with van der Waals surface area (Å²) in [5.41, 5.74) is 0.525. The number of aromatic carboxylic acids is 1. The molecule has 182 valence electrons. The first-order valence-corrected chi connectivity index (χ1v) is 12.0. The topological polar surface area (TPSA) is 126 Å². The summed E-state index contributed by atoms with van der Waals surface area (Å²) in [6.07, 6.45) is 1.63. The molecule has 13 heteroatoms. The molecule has 0 aliphatic heterocycles. The van der Waals surface area contributed by atoms with E-state index >= 15 is 0 Å². The molecule has 1 heterocycles. The van der Waals surface area contributed by atoms with Gasteiger partial charge in [0.25, 0.3) is 5.91 Å². The number of allylic oxidation sites excluding steroid dienone is 1. The van der Waals surface area contributed by atoms with Gasteiger partial charge in [0.05, 0.1) is 38.6 Å². The Bertz CT molecular complexity index is 1300. The van der Waals surface area contributed by atoms with Gasteiger partial charge in [-0.25, -0.2) is 4.79 Å². The fraction of sp³-hybridized carbons (Fsp3) is 0.136. The van der Waals surface area contributed by atoms with Crippen LogP contribution in [0.3, 0.4) is 0 Å². The van der Waals surface area contributed by atoms with Gasteiger partial charge in [-0.15, -0.1) is 16.8 Å². The van der Waals surface area contributed by atoms with Crippen LogP contribution in [0.1, 0.15) is 26.5 Å². The minimum atomic E-state index is -1.14. The predicted molar refractivity (Wildman–Crippen MR) is 136 cm³/mol. The number of thioether (sulfide) groups is 1. The summed E-state index contributed by atoms with van der Waals surface area (Å²) in [7, 11) is 0. The Balaban J connectivity index is 1.64. The van der Waals surface area contributed by atoms with Crippen molar-refractivity contribution in [2.24, 2.45) is 0 Å². The van der Waals surface area contributed by atoms with Crippen molar-refractivity contribution in [3.8, 4) is 0 Å². The summed E-state index contributed by atoms with van der Waals surface area (Å²) in [5.74, 6) is -1.51. The summed E-state index contributed by atoms with van der Waals surface area (Å²) in [6, 6.07) is 8.57. The van der Waals surface area contributed by atoms with Gasteiger partial charge < -0.3 is 20.3 Å². The number of carboxylic acid groups (broad SMARTS) is 1. The highest BCUT2D eigenvalue weighted by atomic mass is 35.5. The van der Waals surface area contributed by atoms with E-state index in [0.29, 0.717) is 28.1 Å². The first-order valence-electron chi connectivity index (χ1n) is 9.91. The lowest BCUT2D eigenvalue weighted by atomic mass is 10.2. The number of carbonyl (C=O) groups is 3. The Hall–Kier alpha value is -3.05. The van der Waals surface area contributed by atoms with Crippen LogP contribution in [0.2, 0.25) is 15.1 Å². The number of amides is 2. The zero-order valence-corrected chi connectivity index (χ0v) is 21.0. The van der Waals surface area contributed by atoms with Gasteiger partial charge in [0.15, 0.2) is 11.0 Å². The van der Waals surface area contributed by atoms with Gasteiger partial charge in [-0.1, -0.05) is 52.6 Å². The van der Waals surface area contributed by atoms with Gasteiger partial charge in [0.2, 0.25) is 5.91 Å². The van der Waals surface area contributed by atoms with E-state index in [0.717, 1.165) is 11.8 Å². The average Bonchev–Trinajstić information content (AvgIpc) is 3.20. The van der Waals surface area contributed by atoms with Crippen molar-refractivity contribution in [2.75, 3.05) is 11.1 Å². The number of nitrogens with one attached hydrogen (secondary N) is 2. The molecule has 0 aliphatic carbocycles. The maximum absolute atomic E-state index is 12.4. The molecule has 35 heavy (non-hydrogen) atoms. The van der Waals surface area contributed by atoms with E-state index in [1.54, 1.807) is 16.7 Å². The molecule has 3 N–H and O–H groups in total. The summed E-state index contributed by atoms with van der Waals surface area (Å²) in [4.78, 5) is 36.0. The number of aromatic nitrogens is 3. The molecule has 3 rings (SSSR count). The van der Waals surface area contributed by atoms with E-state index in [-0.39, 0.29) is 39.5 Å². The second-order valence-electron chi connectivity index (χ2n) is 6.95. The summed E-state index contributed by atoms with van der Waals surface area (Å²) in [5, 5.41) is 23.9. The number of carboxylic acids is 1. The lowest BCUT2D eigenvalue weighted by molar-refractivity contribution is -0.113. The number of halogens is 3. The molecule has 0 aliphatic rings. The van der Waals surface area contributed by atoms with Crippen molar-refractivity contribution < 1.29 is 19.5 Å². The van der Waals surface area contributed by atoms with E-state index in [2.05, 4.69) is 27.4 Å². The number of rotatable bonds is 10. The Kier molecular flexibility index (Phi) is 9.16. The van der Waals surface area contributed by atoms with Crippen LogP contribution >= 0.6 is 46.6 Å². The van der Waals surface area contributed by atoms with Crippen LogP contribution in [0.4, 0.5) is 5.69 Å². The molecule has 0 spiro atoms. The first-order chi connectivity index (χ1) is 16.7. The standard InChI is InChI=1S/C22H18Cl3N5O4S/c1-2-7-30-18(10-26-20(32)12-3-5-14(23)16(25)8-12)28-29-22(30)35-11-19(31)27-17-9-13(21(33)34)4-6-15(17)24/h2-6,8-9H,1,7,10-11H2,(H,26,32)(H,27,31)(H,33,34). The molecule has 0 saturated carbocycles. The van der Waals surface area contributed by atoms with Gasteiger partial charge >= 0.3 is 5.97 Å². The molecule has 3 aromatic rings. The van der Waals surface area contributed by atoms with Crippen LogP contribution in [0, 0.1) is 0 Å². The summed E-state index contributed by atoms with van der Waals surface area (Å²) < 4.78 is 1.71.